The molecule has 0 aliphatic rings. The number of hydrogen-bond donors (Lipinski definition) is 1. The first-order chi connectivity index (χ1) is 10.6. The minimum Gasteiger partial charge on any atom is -0.487 e. The van der Waals surface area contributed by atoms with Crippen molar-refractivity contribution in [1.82, 2.24) is 4.57 Å². The number of fused-ring (bicyclic) bond motifs is 1. The molecule has 0 saturated heterocycles. The summed E-state index contributed by atoms with van der Waals surface area (Å²) >= 11 is 6.14. The predicted octanol–water partition coefficient (Wildman–Crippen LogP) is 5.04. The van der Waals surface area contributed by atoms with E-state index in [1.165, 1.54) is 5.52 Å². The molecule has 0 bridgehead atoms. The van der Waals surface area contributed by atoms with Crippen molar-refractivity contribution in [3.8, 4) is 5.75 Å². The second-order valence-corrected chi connectivity index (χ2v) is 6.06. The Labute approximate surface area is 135 Å². The maximum atomic E-state index is 6.14. The van der Waals surface area contributed by atoms with E-state index in [0.29, 0.717) is 23.4 Å². The van der Waals surface area contributed by atoms with Crippen LogP contribution >= 0.6 is 11.6 Å². The summed E-state index contributed by atoms with van der Waals surface area (Å²) in [6, 6.07) is 13.9. The lowest BCUT2D eigenvalue weighted by Gasteiger charge is -2.08. The van der Waals surface area contributed by atoms with Gasteiger partial charge in [0.05, 0.1) is 5.02 Å². The van der Waals surface area contributed by atoms with E-state index < -0.39 is 0 Å². The van der Waals surface area contributed by atoms with Gasteiger partial charge in [0.2, 0.25) is 0 Å². The Balaban J connectivity index is 1.96. The number of hydrogen-bond acceptors (Lipinski definition) is 2. The summed E-state index contributed by atoms with van der Waals surface area (Å²) < 4.78 is 8.11. The van der Waals surface area contributed by atoms with Crippen LogP contribution in [-0.4, -0.2) is 4.57 Å². The van der Waals surface area contributed by atoms with Gasteiger partial charge in [-0.25, -0.2) is 0 Å². The van der Waals surface area contributed by atoms with Crippen molar-refractivity contribution in [2.45, 2.75) is 26.5 Å². The molecule has 3 rings (SSSR count). The number of rotatable bonds is 4. The van der Waals surface area contributed by atoms with Crippen LogP contribution in [0.3, 0.4) is 0 Å². The molecule has 2 aromatic carbocycles. The van der Waals surface area contributed by atoms with Gasteiger partial charge >= 0.3 is 0 Å². The fourth-order valence-corrected chi connectivity index (χ4v) is 2.79. The zero-order valence-corrected chi connectivity index (χ0v) is 13.5. The Bertz CT molecular complexity index is 808. The molecule has 3 aromatic rings. The summed E-state index contributed by atoms with van der Waals surface area (Å²) in [4.78, 5) is 0. The number of ether oxygens (including phenoxy) is 1. The van der Waals surface area contributed by atoms with E-state index in [1.54, 1.807) is 0 Å². The molecule has 1 heterocycles. The maximum Gasteiger partial charge on any atom is 0.138 e. The average Bonchev–Trinajstić information content (AvgIpc) is 2.84. The summed E-state index contributed by atoms with van der Waals surface area (Å²) in [6.07, 6.45) is 2.13. The van der Waals surface area contributed by atoms with E-state index in [1.807, 2.05) is 36.4 Å². The smallest absolute Gasteiger partial charge is 0.138 e. The molecule has 0 spiro atoms. The molecule has 114 valence electrons. The van der Waals surface area contributed by atoms with Crippen molar-refractivity contribution in [1.29, 1.82) is 0 Å². The summed E-state index contributed by atoms with van der Waals surface area (Å²) in [5, 5.41) is 1.75. The van der Waals surface area contributed by atoms with Gasteiger partial charge in [-0.05, 0) is 44.2 Å². The quantitative estimate of drug-likeness (QED) is 0.685. The molecule has 22 heavy (non-hydrogen) atoms. The molecule has 0 atom stereocenters. The molecule has 0 aliphatic heterocycles. The van der Waals surface area contributed by atoms with Crippen molar-refractivity contribution in [3.63, 3.8) is 0 Å². The van der Waals surface area contributed by atoms with Gasteiger partial charge in [-0.3, -0.25) is 0 Å². The Kier molecular flexibility index (Phi) is 3.99. The summed E-state index contributed by atoms with van der Waals surface area (Å²) in [5.41, 5.74) is 8.97. The first-order valence-corrected chi connectivity index (χ1v) is 7.70. The molecule has 0 aliphatic carbocycles. The number of para-hydroxylation sites is 1. The lowest BCUT2D eigenvalue weighted by molar-refractivity contribution is 0.307. The second kappa shape index (κ2) is 5.93. The van der Waals surface area contributed by atoms with E-state index in [-0.39, 0.29) is 0 Å². The average molecular weight is 315 g/mol. The van der Waals surface area contributed by atoms with Gasteiger partial charge < -0.3 is 15.0 Å². The molecule has 0 amide bonds. The molecule has 0 unspecified atom stereocenters. The highest BCUT2D eigenvalue weighted by atomic mass is 35.5. The van der Waals surface area contributed by atoms with Gasteiger partial charge in [-0.2, -0.15) is 0 Å². The number of anilines is 1. The molecular weight excluding hydrogens is 296 g/mol. The standard InChI is InChI=1S/C18H19ClN2O/c1-12(2)21-10-13(15-9-14(20)7-8-17(15)21)11-22-18-6-4-3-5-16(18)19/h3-10,12H,11,20H2,1-2H3. The van der Waals surface area contributed by atoms with Crippen LogP contribution in [0.4, 0.5) is 5.69 Å². The Morgan fingerprint density at radius 3 is 2.68 bits per heavy atom. The lowest BCUT2D eigenvalue weighted by Crippen LogP contribution is -1.98. The van der Waals surface area contributed by atoms with E-state index >= 15 is 0 Å². The Morgan fingerprint density at radius 1 is 1.18 bits per heavy atom. The van der Waals surface area contributed by atoms with E-state index in [0.717, 1.165) is 16.6 Å². The SMILES string of the molecule is CC(C)n1cc(COc2ccccc2Cl)c2cc(N)ccc21. The third kappa shape index (κ3) is 2.77. The summed E-state index contributed by atoms with van der Waals surface area (Å²) in [7, 11) is 0. The third-order valence-corrected chi connectivity index (χ3v) is 4.03. The molecule has 3 nitrogen and oxygen atoms in total. The van der Waals surface area contributed by atoms with Crippen LogP contribution in [0.2, 0.25) is 5.02 Å². The minimum atomic E-state index is 0.375. The molecule has 0 saturated carbocycles. The number of nitrogens with two attached hydrogens (primary N) is 1. The van der Waals surface area contributed by atoms with Crippen LogP contribution in [0.1, 0.15) is 25.5 Å². The van der Waals surface area contributed by atoms with Gasteiger partial charge in [0.1, 0.15) is 12.4 Å². The van der Waals surface area contributed by atoms with Crippen molar-refractivity contribution in [2.24, 2.45) is 0 Å². The number of benzene rings is 2. The lowest BCUT2D eigenvalue weighted by atomic mass is 10.1. The maximum absolute atomic E-state index is 6.14. The van der Waals surface area contributed by atoms with Crippen LogP contribution < -0.4 is 10.5 Å². The monoisotopic (exact) mass is 314 g/mol. The first kappa shape index (κ1) is 14.8. The number of halogens is 1. The second-order valence-electron chi connectivity index (χ2n) is 5.65. The highest BCUT2D eigenvalue weighted by molar-refractivity contribution is 6.32. The van der Waals surface area contributed by atoms with E-state index in [9.17, 15) is 0 Å². The highest BCUT2D eigenvalue weighted by Crippen LogP contribution is 2.29. The van der Waals surface area contributed by atoms with Crippen LogP contribution in [0, 0.1) is 0 Å². The molecular formula is C18H19ClN2O. The van der Waals surface area contributed by atoms with Gasteiger partial charge in [-0.1, -0.05) is 23.7 Å². The molecule has 1 aromatic heterocycles. The zero-order valence-electron chi connectivity index (χ0n) is 12.7. The van der Waals surface area contributed by atoms with Crippen LogP contribution in [0.5, 0.6) is 5.75 Å². The number of aromatic nitrogens is 1. The predicted molar refractivity (Wildman–Crippen MR) is 92.5 cm³/mol. The molecule has 2 N–H and O–H groups in total. The highest BCUT2D eigenvalue weighted by Gasteiger charge is 2.12. The zero-order chi connectivity index (χ0) is 15.7. The Morgan fingerprint density at radius 2 is 1.95 bits per heavy atom. The van der Waals surface area contributed by atoms with Gasteiger partial charge in [0, 0.05) is 34.4 Å². The number of nitrogen functional groups attached to an aromatic ring is 1. The van der Waals surface area contributed by atoms with Gasteiger partial charge in [0.25, 0.3) is 0 Å². The minimum absolute atomic E-state index is 0.375. The molecule has 4 heteroatoms. The van der Waals surface area contributed by atoms with Gasteiger partial charge in [-0.15, -0.1) is 0 Å². The van der Waals surface area contributed by atoms with Gasteiger partial charge in [0.15, 0.2) is 0 Å². The molecule has 0 fully saturated rings. The number of nitrogens with zero attached hydrogens (tertiary/aromatic N) is 1. The van der Waals surface area contributed by atoms with E-state index in [2.05, 4.69) is 30.7 Å². The van der Waals surface area contributed by atoms with Crippen LogP contribution in [0.25, 0.3) is 10.9 Å². The van der Waals surface area contributed by atoms with Crippen LogP contribution in [-0.2, 0) is 6.61 Å². The van der Waals surface area contributed by atoms with Crippen molar-refractivity contribution in [2.75, 3.05) is 5.73 Å². The van der Waals surface area contributed by atoms with E-state index in [4.69, 9.17) is 22.1 Å². The largest absolute Gasteiger partial charge is 0.487 e. The Hall–Kier alpha value is -2.13. The fraction of sp³-hybridized carbons (Fsp3) is 0.222. The summed E-state index contributed by atoms with van der Waals surface area (Å²) in [6.45, 7) is 4.78. The van der Waals surface area contributed by atoms with Crippen LogP contribution in [0.15, 0.2) is 48.7 Å². The molecule has 0 radical (unpaired) electrons. The topological polar surface area (TPSA) is 40.2 Å². The van der Waals surface area contributed by atoms with Crippen molar-refractivity contribution in [3.05, 3.63) is 59.2 Å². The normalized spacial score (nSPS) is 11.3. The summed E-state index contributed by atoms with van der Waals surface area (Å²) in [5.74, 6) is 0.693. The third-order valence-electron chi connectivity index (χ3n) is 3.72. The van der Waals surface area contributed by atoms with Crippen molar-refractivity contribution >= 4 is 28.2 Å². The fourth-order valence-electron chi connectivity index (χ4n) is 2.60. The first-order valence-electron chi connectivity index (χ1n) is 7.32. The van der Waals surface area contributed by atoms with Crippen molar-refractivity contribution < 1.29 is 4.74 Å².